The molecule has 0 spiro atoms. The first-order valence-corrected chi connectivity index (χ1v) is 23.1. The van der Waals surface area contributed by atoms with Crippen molar-refractivity contribution in [2.45, 2.75) is 84.1 Å². The summed E-state index contributed by atoms with van der Waals surface area (Å²) in [5, 5.41) is 35.4. The lowest BCUT2D eigenvalue weighted by Gasteiger charge is -2.14. The van der Waals surface area contributed by atoms with Crippen molar-refractivity contribution in [2.75, 3.05) is 56.1 Å². The van der Waals surface area contributed by atoms with E-state index in [4.69, 9.17) is 30.9 Å². The number of urea groups is 1. The normalized spacial score (nSPS) is 11.4. The second-order valence-electron chi connectivity index (χ2n) is 16.6. The van der Waals surface area contributed by atoms with E-state index in [9.17, 15) is 19.5 Å². The molecule has 16 heteroatoms. The van der Waals surface area contributed by atoms with Gasteiger partial charge in [0, 0.05) is 60.8 Å². The minimum atomic E-state index is -0.382. The number of rotatable bonds is 27. The summed E-state index contributed by atoms with van der Waals surface area (Å²) in [5.74, 6) is 1.37. The predicted molar refractivity (Wildman–Crippen MR) is 259 cm³/mol. The van der Waals surface area contributed by atoms with Gasteiger partial charge in [0.2, 0.25) is 5.91 Å². The van der Waals surface area contributed by atoms with Crippen molar-refractivity contribution in [1.82, 2.24) is 20.4 Å². The highest BCUT2D eigenvalue weighted by Crippen LogP contribution is 2.32. The molecule has 5 rings (SSSR count). The third-order valence-corrected chi connectivity index (χ3v) is 10.4. The molecule has 0 fully saturated rings. The van der Waals surface area contributed by atoms with Gasteiger partial charge in [-0.3, -0.25) is 14.9 Å². The quantitative estimate of drug-likeness (QED) is 0.0195. The Kier molecular flexibility index (Phi) is 20.9. The molecule has 4 amide bonds. The summed E-state index contributed by atoms with van der Waals surface area (Å²) in [4.78, 5) is 38.1. The number of aromatic nitrogens is 2. The van der Waals surface area contributed by atoms with Crippen LogP contribution in [0.3, 0.4) is 0 Å². The molecular weight excluding hydrogens is 860 g/mol. The van der Waals surface area contributed by atoms with Crippen LogP contribution < -0.4 is 26.0 Å². The van der Waals surface area contributed by atoms with Gasteiger partial charge in [0.15, 0.2) is 0 Å². The number of nitrogens with zero attached hydrogens (tertiary/aromatic N) is 4. The number of anilines is 2. The van der Waals surface area contributed by atoms with Gasteiger partial charge in [0.1, 0.15) is 23.0 Å². The minimum absolute atomic E-state index is 0.0543. The van der Waals surface area contributed by atoms with Crippen molar-refractivity contribution in [3.8, 4) is 17.2 Å². The van der Waals surface area contributed by atoms with Crippen LogP contribution in [0.1, 0.15) is 93.8 Å². The standard InChI is InChI=1S/C50H63ClN8O7/c1-50(2,3)45-35-46(55-49(63)54-39-16-8-6-9-17-39)59(58-45)41-18-14-15-37(33-41)36-53-47(61)19-10-7-13-29-66-42-24-25-43(44(60)34-42)57-56-40-22-20-38(21-23-40)48(62)52-27-30-65-32-31-64-28-12-5-4-11-26-51/h6,8-9,14-18,20-25,33-35,60H,4-5,7,10-13,19,26-32,36H2,1-3H3,(H,52,62)(H,53,61)(H2,54,55,63)/b57-56+. The first kappa shape index (κ1) is 50.7. The van der Waals surface area contributed by atoms with E-state index < -0.39 is 0 Å². The number of hydrogen-bond acceptors (Lipinski definition) is 10. The third-order valence-electron chi connectivity index (χ3n) is 10.1. The first-order chi connectivity index (χ1) is 32.0. The number of benzene rings is 4. The van der Waals surface area contributed by atoms with Gasteiger partial charge in [-0.05, 0) is 98.3 Å². The number of carbonyl (C=O) groups is 3. The van der Waals surface area contributed by atoms with Crippen LogP contribution in [-0.4, -0.2) is 78.2 Å². The van der Waals surface area contributed by atoms with Crippen molar-refractivity contribution in [2.24, 2.45) is 10.2 Å². The molecule has 0 aliphatic carbocycles. The topological polar surface area (TPSA) is 190 Å². The summed E-state index contributed by atoms with van der Waals surface area (Å²) < 4.78 is 18.6. The maximum absolute atomic E-state index is 12.9. The summed E-state index contributed by atoms with van der Waals surface area (Å²) in [6.07, 6.45) is 6.87. The number of alkyl halides is 1. The lowest BCUT2D eigenvalue weighted by molar-refractivity contribution is -0.121. The predicted octanol–water partition coefficient (Wildman–Crippen LogP) is 10.8. The summed E-state index contributed by atoms with van der Waals surface area (Å²) in [6, 6.07) is 29.9. The van der Waals surface area contributed by atoms with Gasteiger partial charge in [0.25, 0.3) is 5.91 Å². The minimum Gasteiger partial charge on any atom is -0.505 e. The fourth-order valence-electron chi connectivity index (χ4n) is 6.46. The van der Waals surface area contributed by atoms with E-state index in [0.717, 1.165) is 55.5 Å². The van der Waals surface area contributed by atoms with Crippen LogP contribution in [-0.2, 0) is 26.2 Å². The lowest BCUT2D eigenvalue weighted by atomic mass is 9.92. The molecule has 0 saturated carbocycles. The Labute approximate surface area is 392 Å². The largest absolute Gasteiger partial charge is 0.505 e. The highest BCUT2D eigenvalue weighted by atomic mass is 35.5. The van der Waals surface area contributed by atoms with Crippen molar-refractivity contribution in [3.05, 3.63) is 120 Å². The van der Waals surface area contributed by atoms with E-state index in [-0.39, 0.29) is 34.7 Å². The van der Waals surface area contributed by atoms with Crippen LogP contribution in [0.2, 0.25) is 0 Å². The molecule has 0 saturated heterocycles. The molecule has 5 aromatic rings. The van der Waals surface area contributed by atoms with E-state index in [1.54, 1.807) is 41.1 Å². The highest BCUT2D eigenvalue weighted by molar-refractivity contribution is 6.17. The third kappa shape index (κ3) is 17.9. The van der Waals surface area contributed by atoms with Crippen LogP contribution in [0, 0.1) is 0 Å². The van der Waals surface area contributed by atoms with Crippen LogP contribution in [0.4, 0.5) is 27.7 Å². The van der Waals surface area contributed by atoms with Crippen molar-refractivity contribution in [3.63, 3.8) is 0 Å². The van der Waals surface area contributed by atoms with Crippen LogP contribution >= 0.6 is 11.6 Å². The zero-order valence-corrected chi connectivity index (χ0v) is 38.9. The number of ether oxygens (including phenoxy) is 3. The second-order valence-corrected chi connectivity index (χ2v) is 17.0. The maximum atomic E-state index is 12.9. The SMILES string of the molecule is CC(C)(C)c1cc(NC(=O)Nc2ccccc2)n(-c2cccc(CNC(=O)CCCCCOc3ccc(/N=N/c4ccc(C(=O)NCCOCCOCCCCCCCl)cc4)c(O)c3)c2)n1. The summed E-state index contributed by atoms with van der Waals surface area (Å²) in [7, 11) is 0. The van der Waals surface area contributed by atoms with Gasteiger partial charge in [-0.2, -0.15) is 10.2 Å². The smallest absolute Gasteiger partial charge is 0.324 e. The molecule has 1 aromatic heterocycles. The Bertz CT molecular complexity index is 2300. The Balaban J connectivity index is 0.960. The Morgan fingerprint density at radius 3 is 2.23 bits per heavy atom. The fourth-order valence-corrected chi connectivity index (χ4v) is 6.65. The molecule has 0 atom stereocenters. The molecule has 5 N–H and O–H groups in total. The van der Waals surface area contributed by atoms with Gasteiger partial charge >= 0.3 is 6.03 Å². The Morgan fingerprint density at radius 2 is 1.47 bits per heavy atom. The van der Waals surface area contributed by atoms with Gasteiger partial charge < -0.3 is 35.3 Å². The Hall–Kier alpha value is -6.29. The fraction of sp³-hybridized carbons (Fsp3) is 0.400. The van der Waals surface area contributed by atoms with Crippen LogP contribution in [0.5, 0.6) is 11.5 Å². The summed E-state index contributed by atoms with van der Waals surface area (Å²) in [6.45, 7) is 9.43. The molecule has 352 valence electrons. The van der Waals surface area contributed by atoms with Gasteiger partial charge in [-0.25, -0.2) is 9.48 Å². The number of unbranched alkanes of at least 4 members (excludes halogenated alkanes) is 5. The van der Waals surface area contributed by atoms with E-state index in [1.165, 1.54) is 6.07 Å². The molecule has 0 radical (unpaired) electrons. The number of aromatic hydroxyl groups is 1. The zero-order chi connectivity index (χ0) is 47.0. The molecule has 0 aliphatic heterocycles. The van der Waals surface area contributed by atoms with Gasteiger partial charge in [-0.15, -0.1) is 16.7 Å². The van der Waals surface area contributed by atoms with Crippen LogP contribution in [0.15, 0.2) is 113 Å². The average Bonchev–Trinajstić information content (AvgIpc) is 3.74. The number of carbonyl (C=O) groups excluding carboxylic acids is 3. The van der Waals surface area contributed by atoms with Gasteiger partial charge in [-0.1, -0.05) is 63.9 Å². The van der Waals surface area contributed by atoms with Gasteiger partial charge in [0.05, 0.1) is 43.5 Å². The second kappa shape index (κ2) is 27.2. The molecule has 0 bridgehead atoms. The van der Waals surface area contributed by atoms with E-state index in [2.05, 4.69) is 52.3 Å². The van der Waals surface area contributed by atoms with Crippen molar-refractivity contribution >= 4 is 52.3 Å². The molecular formula is C50H63ClN8O7. The van der Waals surface area contributed by atoms with E-state index in [0.29, 0.717) is 93.4 Å². The molecule has 0 unspecified atom stereocenters. The lowest BCUT2D eigenvalue weighted by Crippen LogP contribution is -2.27. The number of phenols is 1. The van der Waals surface area contributed by atoms with E-state index in [1.807, 2.05) is 60.7 Å². The summed E-state index contributed by atoms with van der Waals surface area (Å²) >= 11 is 5.68. The van der Waals surface area contributed by atoms with Crippen molar-refractivity contribution in [1.29, 1.82) is 0 Å². The Morgan fingerprint density at radius 1 is 0.727 bits per heavy atom. The number of amides is 4. The average molecular weight is 924 g/mol. The number of hydrogen-bond donors (Lipinski definition) is 5. The summed E-state index contributed by atoms with van der Waals surface area (Å²) in [5.41, 5.74) is 4.16. The number of nitrogens with one attached hydrogen (secondary N) is 4. The number of azo groups is 1. The molecule has 66 heavy (non-hydrogen) atoms. The van der Waals surface area contributed by atoms with E-state index >= 15 is 0 Å². The number of phenolic OH excluding ortho intramolecular Hbond substituents is 1. The number of halogens is 1. The van der Waals surface area contributed by atoms with Crippen LogP contribution in [0.25, 0.3) is 5.69 Å². The zero-order valence-electron chi connectivity index (χ0n) is 38.2. The number of para-hydroxylation sites is 1. The first-order valence-electron chi connectivity index (χ1n) is 22.6. The van der Waals surface area contributed by atoms with Crippen molar-refractivity contribution < 1.29 is 33.7 Å². The maximum Gasteiger partial charge on any atom is 0.324 e. The highest BCUT2D eigenvalue weighted by Gasteiger charge is 2.22. The molecule has 15 nitrogen and oxygen atoms in total. The monoisotopic (exact) mass is 922 g/mol. The molecule has 4 aromatic carbocycles. The molecule has 0 aliphatic rings. The molecule has 1 heterocycles.